The van der Waals surface area contributed by atoms with E-state index < -0.39 is 26.5 Å². The molecule has 0 saturated heterocycles. The molecule has 2 unspecified atom stereocenters. The highest BCUT2D eigenvalue weighted by atomic mass is 31.2. The van der Waals surface area contributed by atoms with Crippen LogP contribution in [0.1, 0.15) is 431 Å². The molecule has 0 saturated carbocycles. The summed E-state index contributed by atoms with van der Waals surface area (Å²) in [4.78, 5) is 36.0. The summed E-state index contributed by atoms with van der Waals surface area (Å²) in [5.41, 5.74) is 0. The van der Waals surface area contributed by atoms with Gasteiger partial charge in [-0.2, -0.15) is 0 Å². The molecule has 0 aliphatic carbocycles. The number of nitrogens with zero attached hydrogens (tertiary/aromatic N) is 1. The minimum atomic E-state index is -4.39. The normalized spacial score (nSPS) is 13.1. The van der Waals surface area contributed by atoms with Crippen LogP contribution in [-0.4, -0.2) is 74.9 Å². The summed E-state index contributed by atoms with van der Waals surface area (Å²) in [7, 11) is 1.50. The molecule has 0 radical (unpaired) electrons. The van der Waals surface area contributed by atoms with E-state index in [-0.39, 0.29) is 25.6 Å². The lowest BCUT2D eigenvalue weighted by Gasteiger charge is -2.24. The van der Waals surface area contributed by atoms with Gasteiger partial charge in [-0.25, -0.2) is 4.57 Å². The quantitative estimate of drug-likeness (QED) is 0.0211. The smallest absolute Gasteiger partial charge is 0.462 e. The summed E-state index contributed by atoms with van der Waals surface area (Å²) in [6.45, 7) is 4.51. The number of phosphoric ester groups is 1. The zero-order chi connectivity index (χ0) is 67.6. The zero-order valence-electron chi connectivity index (χ0n) is 63.0. The van der Waals surface area contributed by atoms with Gasteiger partial charge in [-0.3, -0.25) is 18.6 Å². The lowest BCUT2D eigenvalue weighted by Crippen LogP contribution is -2.37. The van der Waals surface area contributed by atoms with Crippen LogP contribution in [0.25, 0.3) is 0 Å². The number of carbonyl (C=O) groups excluding carboxylic acids is 2. The molecule has 0 amide bonds. The van der Waals surface area contributed by atoms with Gasteiger partial charge in [-0.05, 0) is 51.4 Å². The van der Waals surface area contributed by atoms with Crippen molar-refractivity contribution in [2.45, 2.75) is 437 Å². The number of unbranched alkanes of at least 4 members (excludes halogenated alkanes) is 58. The van der Waals surface area contributed by atoms with Crippen LogP contribution in [0.5, 0.6) is 0 Å². The second kappa shape index (κ2) is 74.5. The van der Waals surface area contributed by atoms with Crippen molar-refractivity contribution in [3.63, 3.8) is 0 Å². The third kappa shape index (κ3) is 79.1. The zero-order valence-corrected chi connectivity index (χ0v) is 63.9. The number of rotatable bonds is 78. The molecule has 0 fully saturated rings. The average Bonchev–Trinajstić information content (AvgIpc) is 2.02. The molecular weight excluding hydrogens is 1170 g/mol. The van der Waals surface area contributed by atoms with E-state index in [1.54, 1.807) is 0 Å². The molecule has 1 N–H and O–H groups in total. The van der Waals surface area contributed by atoms with Crippen LogP contribution in [0.15, 0.2) is 36.5 Å². The fraction of sp³-hybridized carbons (Fsp3) is 0.904. The number of quaternary nitrogens is 1. The highest BCUT2D eigenvalue weighted by Gasteiger charge is 2.27. The molecule has 0 aromatic rings. The van der Waals surface area contributed by atoms with E-state index in [2.05, 4.69) is 50.3 Å². The summed E-state index contributed by atoms with van der Waals surface area (Å²) in [5, 5.41) is 0. The van der Waals surface area contributed by atoms with Crippen molar-refractivity contribution in [1.82, 2.24) is 0 Å². The summed E-state index contributed by atoms with van der Waals surface area (Å²) in [6, 6.07) is 0. The second-order valence-electron chi connectivity index (χ2n) is 29.5. The number of esters is 2. The number of allylic oxidation sites excluding steroid dienone is 6. The maximum atomic E-state index is 12.9. The lowest BCUT2D eigenvalue weighted by atomic mass is 10.0. The first-order valence-electron chi connectivity index (χ1n) is 41.2. The Labute approximate surface area is 580 Å². The number of phosphoric acid groups is 1. The first kappa shape index (κ1) is 91.2. The van der Waals surface area contributed by atoms with Gasteiger partial charge in [0.15, 0.2) is 6.10 Å². The maximum absolute atomic E-state index is 12.9. The van der Waals surface area contributed by atoms with Gasteiger partial charge >= 0.3 is 19.8 Å². The van der Waals surface area contributed by atoms with Crippen LogP contribution < -0.4 is 0 Å². The van der Waals surface area contributed by atoms with Crippen LogP contribution in [-0.2, 0) is 32.7 Å². The molecule has 0 spiro atoms. The largest absolute Gasteiger partial charge is 0.472 e. The van der Waals surface area contributed by atoms with E-state index in [1.165, 1.54) is 353 Å². The molecule has 0 aliphatic heterocycles. The van der Waals surface area contributed by atoms with E-state index in [0.717, 1.165) is 44.9 Å². The summed E-state index contributed by atoms with van der Waals surface area (Å²) in [5.74, 6) is -0.773. The van der Waals surface area contributed by atoms with E-state index in [4.69, 9.17) is 18.5 Å². The van der Waals surface area contributed by atoms with Crippen LogP contribution in [0.2, 0.25) is 0 Å². The van der Waals surface area contributed by atoms with Crippen LogP contribution in [0.3, 0.4) is 0 Å². The van der Waals surface area contributed by atoms with Crippen molar-refractivity contribution >= 4 is 19.8 Å². The van der Waals surface area contributed by atoms with E-state index in [1.807, 2.05) is 21.1 Å². The lowest BCUT2D eigenvalue weighted by molar-refractivity contribution is -0.870. The molecule has 2 atom stereocenters. The van der Waals surface area contributed by atoms with Crippen molar-refractivity contribution in [3.05, 3.63) is 36.5 Å². The maximum Gasteiger partial charge on any atom is 0.472 e. The van der Waals surface area contributed by atoms with Gasteiger partial charge in [0.05, 0.1) is 27.7 Å². The number of likely N-dealkylation sites (N-methyl/N-ethyl adjacent to an activating group) is 1. The molecule has 0 bridgehead atoms. The molecule has 93 heavy (non-hydrogen) atoms. The number of ether oxygens (including phenoxy) is 2. The fourth-order valence-corrected chi connectivity index (χ4v) is 13.4. The Hall–Kier alpha value is -1.77. The fourth-order valence-electron chi connectivity index (χ4n) is 12.6. The number of hydrogen-bond donors (Lipinski definition) is 1. The van der Waals surface area contributed by atoms with E-state index in [9.17, 15) is 19.0 Å². The Balaban J connectivity index is 3.88. The minimum absolute atomic E-state index is 0.0346. The van der Waals surface area contributed by atoms with Gasteiger partial charge < -0.3 is 18.9 Å². The van der Waals surface area contributed by atoms with Crippen LogP contribution >= 0.6 is 7.82 Å². The predicted molar refractivity (Wildman–Crippen MR) is 404 cm³/mol. The first-order valence-corrected chi connectivity index (χ1v) is 42.7. The van der Waals surface area contributed by atoms with Gasteiger partial charge in [0.25, 0.3) is 0 Å². The highest BCUT2D eigenvalue weighted by molar-refractivity contribution is 7.47. The second-order valence-corrected chi connectivity index (χ2v) is 31.0. The van der Waals surface area contributed by atoms with Crippen molar-refractivity contribution in [1.29, 1.82) is 0 Å². The summed E-state index contributed by atoms with van der Waals surface area (Å²) in [6.07, 6.45) is 97.4. The molecule has 550 valence electrons. The molecule has 0 heterocycles. The van der Waals surface area contributed by atoms with Crippen molar-refractivity contribution in [2.75, 3.05) is 47.5 Å². The summed E-state index contributed by atoms with van der Waals surface area (Å²) < 4.78 is 34.8. The average molecular weight is 1330 g/mol. The van der Waals surface area contributed by atoms with E-state index >= 15 is 0 Å². The minimum Gasteiger partial charge on any atom is -0.462 e. The molecule has 0 rings (SSSR count). The summed E-state index contributed by atoms with van der Waals surface area (Å²) >= 11 is 0. The monoisotopic (exact) mass is 1330 g/mol. The number of carbonyl (C=O) groups is 2. The van der Waals surface area contributed by atoms with E-state index in [0.29, 0.717) is 23.9 Å². The molecule has 0 aliphatic rings. The van der Waals surface area contributed by atoms with Gasteiger partial charge in [0.1, 0.15) is 19.8 Å². The third-order valence-corrected chi connectivity index (χ3v) is 19.9. The Bertz CT molecular complexity index is 1660. The van der Waals surface area contributed by atoms with Gasteiger partial charge in [-0.15, -0.1) is 0 Å². The first-order chi connectivity index (χ1) is 45.5. The molecule has 9 nitrogen and oxygen atoms in total. The molecule has 0 aromatic heterocycles. The van der Waals surface area contributed by atoms with Gasteiger partial charge in [0.2, 0.25) is 0 Å². The SMILES string of the molecule is CCCCCCC/C=C\C/C=C\C/C=C\CCCCCCCCCCCCCCCCCCC(=O)OC(COC(=O)CCCCCCCCCCCCCCCCCCCCCCCCCCCCCCCCCCCCCCCC)COP(=O)(O)OCC[N+](C)(C)C. The molecule has 10 heteroatoms. The van der Waals surface area contributed by atoms with Gasteiger partial charge in [-0.1, -0.05) is 403 Å². The number of hydrogen-bond acceptors (Lipinski definition) is 7. The van der Waals surface area contributed by atoms with Crippen molar-refractivity contribution < 1.29 is 42.1 Å². The molecular formula is C83H161NO8P+. The predicted octanol–water partition coefficient (Wildman–Crippen LogP) is 27.3. The highest BCUT2D eigenvalue weighted by Crippen LogP contribution is 2.43. The Kier molecular flexibility index (Phi) is 73.0. The van der Waals surface area contributed by atoms with Crippen LogP contribution in [0.4, 0.5) is 0 Å². The Morgan fingerprint density at radius 1 is 0.333 bits per heavy atom. The molecule has 0 aromatic carbocycles. The standard InChI is InChI=1S/C83H160NO8P/c1-6-8-10-12-14-16-18-20-22-24-26-28-30-32-34-36-38-39-40-41-42-43-44-46-47-49-51-53-55-57-59-61-63-65-67-69-71-73-75-82(85)89-79-81(80-91-93(87,88)90-78-77-84(3,4)5)92-83(86)76-74-72-70-68-66-64-62-60-58-56-54-52-50-48-45-37-35-33-31-29-27-25-23-21-19-17-15-13-11-9-7-2/h19,21,25,27,31,33,81H,6-18,20,22-24,26,28-30,32,34-80H2,1-5H3/p+1/b21-19-,27-25-,33-31-. The Morgan fingerprint density at radius 2 is 0.581 bits per heavy atom. The van der Waals surface area contributed by atoms with Crippen LogP contribution in [0, 0.1) is 0 Å². The van der Waals surface area contributed by atoms with Gasteiger partial charge in [0, 0.05) is 12.8 Å². The third-order valence-electron chi connectivity index (χ3n) is 18.9. The van der Waals surface area contributed by atoms with Crippen molar-refractivity contribution in [2.24, 2.45) is 0 Å². The van der Waals surface area contributed by atoms with Crippen molar-refractivity contribution in [3.8, 4) is 0 Å². The topological polar surface area (TPSA) is 108 Å². The Morgan fingerprint density at radius 3 is 0.860 bits per heavy atom.